The molecule has 0 saturated heterocycles. The van der Waals surface area contributed by atoms with Gasteiger partial charge < -0.3 is 5.11 Å². The molecule has 0 aliphatic rings. The van der Waals surface area contributed by atoms with E-state index in [1.165, 1.54) is 10.7 Å². The van der Waals surface area contributed by atoms with E-state index in [1.54, 1.807) is 12.1 Å². The summed E-state index contributed by atoms with van der Waals surface area (Å²) in [6.07, 6.45) is 0. The number of halogens is 1. The van der Waals surface area contributed by atoms with Crippen LogP contribution in [0.4, 0.5) is 4.39 Å². The van der Waals surface area contributed by atoms with Crippen LogP contribution in [0.2, 0.25) is 0 Å². The summed E-state index contributed by atoms with van der Waals surface area (Å²) in [7, 11) is 0. The monoisotopic (exact) mass is 302 g/mol. The predicted octanol–water partition coefficient (Wildman–Crippen LogP) is 2.44. The summed E-state index contributed by atoms with van der Waals surface area (Å²) in [6.45, 7) is -0.243. The van der Waals surface area contributed by atoms with Crippen molar-refractivity contribution in [3.8, 4) is 5.69 Å². The number of rotatable bonds is 4. The zero-order valence-corrected chi connectivity index (χ0v) is 11.7. The van der Waals surface area contributed by atoms with Crippen LogP contribution in [-0.4, -0.2) is 25.3 Å². The average molecular weight is 302 g/mol. The second-order valence-corrected chi connectivity index (χ2v) is 5.17. The third kappa shape index (κ3) is 2.79. The molecule has 5 nitrogen and oxygen atoms in total. The first-order valence-electron chi connectivity index (χ1n) is 6.19. The van der Waals surface area contributed by atoms with E-state index >= 15 is 0 Å². The third-order valence-corrected chi connectivity index (χ3v) is 3.95. The number of aromatic nitrogens is 4. The number of nitrogens with zero attached hydrogens (tertiary/aromatic N) is 4. The van der Waals surface area contributed by atoms with Crippen molar-refractivity contribution < 1.29 is 9.50 Å². The summed E-state index contributed by atoms with van der Waals surface area (Å²) in [5, 5.41) is 21.2. The van der Waals surface area contributed by atoms with Crippen LogP contribution in [0.1, 0.15) is 5.56 Å². The molecule has 0 spiro atoms. The molecule has 1 heterocycles. The fourth-order valence-electron chi connectivity index (χ4n) is 1.86. The Hall–Kier alpha value is -2.25. The van der Waals surface area contributed by atoms with E-state index in [0.717, 1.165) is 17.4 Å². The van der Waals surface area contributed by atoms with Gasteiger partial charge >= 0.3 is 0 Å². The number of aliphatic hydroxyl groups is 1. The highest BCUT2D eigenvalue weighted by Gasteiger charge is 2.15. The molecule has 0 aliphatic heterocycles. The molecule has 1 aromatic heterocycles. The molecule has 21 heavy (non-hydrogen) atoms. The Morgan fingerprint density at radius 1 is 1.10 bits per heavy atom. The van der Waals surface area contributed by atoms with Crippen LogP contribution in [0.3, 0.4) is 0 Å². The normalized spacial score (nSPS) is 10.8. The maximum absolute atomic E-state index is 14.0. The van der Waals surface area contributed by atoms with Crippen LogP contribution in [0.15, 0.2) is 58.6 Å². The van der Waals surface area contributed by atoms with Crippen molar-refractivity contribution in [3.05, 3.63) is 59.9 Å². The molecule has 3 aromatic rings. The minimum Gasteiger partial charge on any atom is -0.392 e. The summed E-state index contributed by atoms with van der Waals surface area (Å²) >= 11 is 1.09. The summed E-state index contributed by atoms with van der Waals surface area (Å²) in [6, 6.07) is 13.9. The topological polar surface area (TPSA) is 63.8 Å². The van der Waals surface area contributed by atoms with Gasteiger partial charge in [0.25, 0.3) is 0 Å². The Morgan fingerprint density at radius 3 is 2.67 bits per heavy atom. The SMILES string of the molecule is OCc1cccc(F)c1Sc1nnnn1-c1ccccc1. The van der Waals surface area contributed by atoms with Crippen molar-refractivity contribution in [2.75, 3.05) is 0 Å². The highest BCUT2D eigenvalue weighted by molar-refractivity contribution is 7.99. The third-order valence-electron chi connectivity index (χ3n) is 2.85. The molecular weight excluding hydrogens is 291 g/mol. The molecular formula is C14H11FN4OS. The molecule has 0 bridgehead atoms. The maximum atomic E-state index is 14.0. The van der Waals surface area contributed by atoms with Gasteiger partial charge in [-0.3, -0.25) is 0 Å². The Balaban J connectivity index is 1.99. The first-order chi connectivity index (χ1) is 10.3. The lowest BCUT2D eigenvalue weighted by Gasteiger charge is -2.08. The van der Waals surface area contributed by atoms with Gasteiger partial charge in [0.05, 0.1) is 17.2 Å². The van der Waals surface area contributed by atoms with Crippen molar-refractivity contribution in [2.45, 2.75) is 16.7 Å². The standard InChI is InChI=1S/C14H11FN4OS/c15-12-8-4-5-10(9-20)13(12)21-14-16-17-18-19(14)11-6-2-1-3-7-11/h1-8,20H,9H2. The Morgan fingerprint density at radius 2 is 1.90 bits per heavy atom. The first kappa shape index (κ1) is 13.7. The van der Waals surface area contributed by atoms with Crippen molar-refractivity contribution in [1.82, 2.24) is 20.2 Å². The molecule has 0 saturated carbocycles. The number of hydrogen-bond donors (Lipinski definition) is 1. The molecule has 3 rings (SSSR count). The number of hydrogen-bond acceptors (Lipinski definition) is 5. The molecule has 1 N–H and O–H groups in total. The minimum absolute atomic E-state index is 0.243. The molecule has 0 amide bonds. The quantitative estimate of drug-likeness (QED) is 0.802. The molecule has 0 fully saturated rings. The minimum atomic E-state index is -0.408. The molecule has 7 heteroatoms. The highest BCUT2D eigenvalue weighted by Crippen LogP contribution is 2.32. The van der Waals surface area contributed by atoms with E-state index in [0.29, 0.717) is 15.6 Å². The smallest absolute Gasteiger partial charge is 0.219 e. The van der Waals surface area contributed by atoms with E-state index in [-0.39, 0.29) is 6.61 Å². The van der Waals surface area contributed by atoms with Gasteiger partial charge in [-0.15, -0.1) is 5.10 Å². The molecule has 2 aromatic carbocycles. The summed E-state index contributed by atoms with van der Waals surface area (Å²) in [4.78, 5) is 0.326. The summed E-state index contributed by atoms with van der Waals surface area (Å²) in [5.74, 6) is -0.408. The van der Waals surface area contributed by atoms with Crippen molar-refractivity contribution in [3.63, 3.8) is 0 Å². The lowest BCUT2D eigenvalue weighted by atomic mass is 10.2. The largest absolute Gasteiger partial charge is 0.392 e. The average Bonchev–Trinajstić information content (AvgIpc) is 2.98. The Bertz CT molecular complexity index is 748. The number of aliphatic hydroxyl groups excluding tert-OH is 1. The van der Waals surface area contributed by atoms with E-state index in [9.17, 15) is 9.50 Å². The predicted molar refractivity (Wildman–Crippen MR) is 75.6 cm³/mol. The van der Waals surface area contributed by atoms with Gasteiger partial charge in [-0.1, -0.05) is 30.3 Å². The fraction of sp³-hybridized carbons (Fsp3) is 0.0714. The van der Waals surface area contributed by atoms with Gasteiger partial charge in [-0.25, -0.2) is 4.39 Å². The molecule has 0 radical (unpaired) electrons. The fourth-order valence-corrected chi connectivity index (χ4v) is 2.77. The number of para-hydroxylation sites is 1. The van der Waals surface area contributed by atoms with Crippen LogP contribution >= 0.6 is 11.8 Å². The van der Waals surface area contributed by atoms with Crippen LogP contribution in [-0.2, 0) is 6.61 Å². The van der Waals surface area contributed by atoms with Gasteiger partial charge in [-0.2, -0.15) is 4.68 Å². The van der Waals surface area contributed by atoms with E-state index in [1.807, 2.05) is 30.3 Å². The zero-order chi connectivity index (χ0) is 14.7. The Kier molecular flexibility index (Phi) is 3.94. The second-order valence-electron chi connectivity index (χ2n) is 4.20. The maximum Gasteiger partial charge on any atom is 0.219 e. The molecule has 0 aliphatic carbocycles. The van der Waals surface area contributed by atoms with Gasteiger partial charge in [0.15, 0.2) is 0 Å². The zero-order valence-electron chi connectivity index (χ0n) is 10.8. The molecule has 0 atom stereocenters. The van der Waals surface area contributed by atoms with E-state index < -0.39 is 5.82 Å². The summed E-state index contributed by atoms with van der Waals surface area (Å²) < 4.78 is 15.5. The lowest BCUT2D eigenvalue weighted by Crippen LogP contribution is -1.99. The van der Waals surface area contributed by atoms with Crippen LogP contribution in [0, 0.1) is 5.82 Å². The van der Waals surface area contributed by atoms with Gasteiger partial charge in [-0.05, 0) is 46.0 Å². The van der Waals surface area contributed by atoms with Gasteiger partial charge in [0.2, 0.25) is 5.16 Å². The molecule has 106 valence electrons. The van der Waals surface area contributed by atoms with Crippen LogP contribution in [0.25, 0.3) is 5.69 Å². The highest BCUT2D eigenvalue weighted by atomic mass is 32.2. The van der Waals surface area contributed by atoms with Crippen molar-refractivity contribution in [1.29, 1.82) is 0 Å². The number of benzene rings is 2. The second kappa shape index (κ2) is 6.02. The van der Waals surface area contributed by atoms with Crippen LogP contribution < -0.4 is 0 Å². The van der Waals surface area contributed by atoms with E-state index in [2.05, 4.69) is 15.5 Å². The Labute approximate surface area is 124 Å². The van der Waals surface area contributed by atoms with Gasteiger partial charge in [0, 0.05) is 0 Å². The van der Waals surface area contributed by atoms with Crippen molar-refractivity contribution in [2.24, 2.45) is 0 Å². The van der Waals surface area contributed by atoms with Crippen molar-refractivity contribution >= 4 is 11.8 Å². The molecule has 0 unspecified atom stereocenters. The lowest BCUT2D eigenvalue weighted by molar-refractivity contribution is 0.277. The van der Waals surface area contributed by atoms with E-state index in [4.69, 9.17) is 0 Å². The van der Waals surface area contributed by atoms with Gasteiger partial charge in [0.1, 0.15) is 5.82 Å². The first-order valence-corrected chi connectivity index (χ1v) is 7.01. The summed E-state index contributed by atoms with van der Waals surface area (Å²) in [5.41, 5.74) is 1.29. The number of tetrazole rings is 1. The van der Waals surface area contributed by atoms with Crippen LogP contribution in [0.5, 0.6) is 0 Å².